The average Bonchev–Trinajstić information content (AvgIpc) is 2.30. The summed E-state index contributed by atoms with van der Waals surface area (Å²) in [5, 5.41) is 11.6. The Morgan fingerprint density at radius 3 is 2.58 bits per heavy atom. The van der Waals surface area contributed by atoms with Gasteiger partial charge in [-0.2, -0.15) is 0 Å². The predicted octanol–water partition coefficient (Wildman–Crippen LogP) is 4.06. The van der Waals surface area contributed by atoms with Crippen molar-refractivity contribution in [1.29, 1.82) is 0 Å². The molecule has 0 saturated carbocycles. The number of aromatic carboxylic acids is 1. The van der Waals surface area contributed by atoms with Crippen LogP contribution in [0.3, 0.4) is 0 Å². The number of hydrogen-bond donors (Lipinski definition) is 2. The number of anilines is 2. The van der Waals surface area contributed by atoms with E-state index in [4.69, 9.17) is 16.7 Å². The predicted molar refractivity (Wildman–Crippen MR) is 68.1 cm³/mol. The maximum atomic E-state index is 13.6. The SMILES string of the molecule is O=C(O)c1cccc(F)c1Nc1cc(F)cc(Cl)c1. The van der Waals surface area contributed by atoms with Crippen LogP contribution < -0.4 is 5.32 Å². The molecule has 0 radical (unpaired) electrons. The largest absolute Gasteiger partial charge is 0.478 e. The second-order valence-electron chi connectivity index (χ2n) is 3.75. The van der Waals surface area contributed by atoms with Gasteiger partial charge in [-0.25, -0.2) is 13.6 Å². The van der Waals surface area contributed by atoms with Crippen LogP contribution in [0.5, 0.6) is 0 Å². The molecule has 2 aromatic rings. The zero-order valence-electron chi connectivity index (χ0n) is 9.45. The van der Waals surface area contributed by atoms with Crippen molar-refractivity contribution < 1.29 is 18.7 Å². The van der Waals surface area contributed by atoms with Crippen LogP contribution in [0.1, 0.15) is 10.4 Å². The smallest absolute Gasteiger partial charge is 0.337 e. The summed E-state index contributed by atoms with van der Waals surface area (Å²) in [6.45, 7) is 0. The number of hydrogen-bond acceptors (Lipinski definition) is 2. The van der Waals surface area contributed by atoms with E-state index >= 15 is 0 Å². The van der Waals surface area contributed by atoms with E-state index < -0.39 is 17.6 Å². The van der Waals surface area contributed by atoms with Crippen molar-refractivity contribution in [3.05, 3.63) is 58.6 Å². The number of benzene rings is 2. The van der Waals surface area contributed by atoms with Gasteiger partial charge >= 0.3 is 5.97 Å². The van der Waals surface area contributed by atoms with E-state index in [9.17, 15) is 13.6 Å². The molecule has 0 unspecified atom stereocenters. The Balaban J connectivity index is 2.45. The fourth-order valence-corrected chi connectivity index (χ4v) is 1.82. The van der Waals surface area contributed by atoms with Gasteiger partial charge < -0.3 is 10.4 Å². The van der Waals surface area contributed by atoms with Gasteiger partial charge in [0.25, 0.3) is 0 Å². The van der Waals surface area contributed by atoms with Gasteiger partial charge in [0.05, 0.1) is 11.3 Å². The molecule has 0 aliphatic carbocycles. The fraction of sp³-hybridized carbons (Fsp3) is 0. The van der Waals surface area contributed by atoms with Crippen molar-refractivity contribution in [3.8, 4) is 0 Å². The van der Waals surface area contributed by atoms with Gasteiger partial charge in [0.2, 0.25) is 0 Å². The Morgan fingerprint density at radius 1 is 1.21 bits per heavy atom. The van der Waals surface area contributed by atoms with Gasteiger partial charge in [0.1, 0.15) is 11.6 Å². The molecular weight excluding hydrogens is 276 g/mol. The van der Waals surface area contributed by atoms with Crippen molar-refractivity contribution in [2.45, 2.75) is 0 Å². The highest BCUT2D eigenvalue weighted by Crippen LogP contribution is 2.26. The molecule has 98 valence electrons. The number of carboxylic acids is 1. The van der Waals surface area contributed by atoms with Crippen LogP contribution in [-0.4, -0.2) is 11.1 Å². The number of carbonyl (C=O) groups is 1. The lowest BCUT2D eigenvalue weighted by Crippen LogP contribution is -2.05. The Bertz CT molecular complexity index is 626. The standard InChI is InChI=1S/C13H8ClF2NO2/c14-7-4-8(15)6-9(5-7)17-12-10(13(18)19)2-1-3-11(12)16/h1-6,17H,(H,18,19). The molecule has 6 heteroatoms. The first-order chi connectivity index (χ1) is 8.97. The lowest BCUT2D eigenvalue weighted by atomic mass is 10.1. The molecule has 0 heterocycles. The van der Waals surface area contributed by atoms with E-state index in [0.29, 0.717) is 0 Å². The van der Waals surface area contributed by atoms with Crippen molar-refractivity contribution in [2.24, 2.45) is 0 Å². The zero-order chi connectivity index (χ0) is 14.0. The summed E-state index contributed by atoms with van der Waals surface area (Å²) in [6.07, 6.45) is 0. The zero-order valence-corrected chi connectivity index (χ0v) is 10.2. The minimum absolute atomic E-state index is 0.121. The quantitative estimate of drug-likeness (QED) is 0.893. The van der Waals surface area contributed by atoms with Crippen LogP contribution in [-0.2, 0) is 0 Å². The third-order valence-electron chi connectivity index (χ3n) is 2.38. The second kappa shape index (κ2) is 5.24. The minimum Gasteiger partial charge on any atom is -0.478 e. The van der Waals surface area contributed by atoms with Crippen molar-refractivity contribution >= 4 is 28.9 Å². The van der Waals surface area contributed by atoms with Crippen molar-refractivity contribution in [3.63, 3.8) is 0 Å². The number of nitrogens with one attached hydrogen (secondary N) is 1. The van der Waals surface area contributed by atoms with Crippen molar-refractivity contribution in [1.82, 2.24) is 0 Å². The number of halogens is 3. The first kappa shape index (κ1) is 13.3. The van der Waals surface area contributed by atoms with Gasteiger partial charge in [0.15, 0.2) is 0 Å². The molecule has 3 nitrogen and oxygen atoms in total. The van der Waals surface area contributed by atoms with Gasteiger partial charge in [-0.05, 0) is 30.3 Å². The van der Waals surface area contributed by atoms with E-state index in [-0.39, 0.29) is 22.0 Å². The Hall–Kier alpha value is -2.14. The van der Waals surface area contributed by atoms with E-state index in [1.807, 2.05) is 0 Å². The molecule has 2 aromatic carbocycles. The first-order valence-electron chi connectivity index (χ1n) is 5.22. The van der Waals surface area contributed by atoms with Crippen LogP contribution in [0.2, 0.25) is 5.02 Å². The molecule has 0 atom stereocenters. The lowest BCUT2D eigenvalue weighted by molar-refractivity contribution is 0.0697. The highest BCUT2D eigenvalue weighted by atomic mass is 35.5. The fourth-order valence-electron chi connectivity index (χ4n) is 1.60. The van der Waals surface area contributed by atoms with E-state index in [2.05, 4.69) is 5.32 Å². The second-order valence-corrected chi connectivity index (χ2v) is 4.19. The maximum Gasteiger partial charge on any atom is 0.337 e. The molecular formula is C13H8ClF2NO2. The molecule has 0 saturated heterocycles. The third-order valence-corrected chi connectivity index (χ3v) is 2.59. The number of rotatable bonds is 3. The highest BCUT2D eigenvalue weighted by Gasteiger charge is 2.14. The monoisotopic (exact) mass is 283 g/mol. The van der Waals surface area contributed by atoms with Crippen LogP contribution in [0.15, 0.2) is 36.4 Å². The van der Waals surface area contributed by atoms with E-state index in [0.717, 1.165) is 18.2 Å². The molecule has 0 bridgehead atoms. The summed E-state index contributed by atoms with van der Waals surface area (Å²) < 4.78 is 26.8. The number of carboxylic acid groups (broad SMARTS) is 1. The van der Waals surface area contributed by atoms with Crippen molar-refractivity contribution in [2.75, 3.05) is 5.32 Å². The molecule has 0 aliphatic heterocycles. The molecule has 19 heavy (non-hydrogen) atoms. The molecule has 2 N–H and O–H groups in total. The highest BCUT2D eigenvalue weighted by molar-refractivity contribution is 6.30. The number of para-hydroxylation sites is 1. The summed E-state index contributed by atoms with van der Waals surface area (Å²) in [5.41, 5.74) is -0.324. The van der Waals surface area contributed by atoms with Crippen LogP contribution in [0, 0.1) is 11.6 Å². The normalized spacial score (nSPS) is 10.3. The average molecular weight is 284 g/mol. The van der Waals surface area contributed by atoms with Gasteiger partial charge in [-0.3, -0.25) is 0 Å². The molecule has 0 amide bonds. The summed E-state index contributed by atoms with van der Waals surface area (Å²) in [4.78, 5) is 11.0. The topological polar surface area (TPSA) is 49.3 Å². The lowest BCUT2D eigenvalue weighted by Gasteiger charge is -2.11. The summed E-state index contributed by atoms with van der Waals surface area (Å²) in [6, 6.07) is 7.17. The molecule has 2 rings (SSSR count). The first-order valence-corrected chi connectivity index (χ1v) is 5.60. The maximum absolute atomic E-state index is 13.6. The molecule has 0 aliphatic rings. The Morgan fingerprint density at radius 2 is 1.95 bits per heavy atom. The molecule has 0 aromatic heterocycles. The van der Waals surface area contributed by atoms with Gasteiger partial charge in [0, 0.05) is 10.7 Å². The van der Waals surface area contributed by atoms with Crippen LogP contribution in [0.25, 0.3) is 0 Å². The van der Waals surface area contributed by atoms with Gasteiger partial charge in [-0.1, -0.05) is 17.7 Å². The van der Waals surface area contributed by atoms with E-state index in [1.165, 1.54) is 18.2 Å². The Labute approximate surface area is 112 Å². The van der Waals surface area contributed by atoms with Crippen LogP contribution in [0.4, 0.5) is 20.2 Å². The molecule has 0 spiro atoms. The van der Waals surface area contributed by atoms with Gasteiger partial charge in [-0.15, -0.1) is 0 Å². The Kier molecular flexibility index (Phi) is 3.66. The summed E-state index contributed by atoms with van der Waals surface area (Å²) >= 11 is 5.67. The summed E-state index contributed by atoms with van der Waals surface area (Å²) in [5.74, 6) is -2.65. The van der Waals surface area contributed by atoms with Crippen LogP contribution >= 0.6 is 11.6 Å². The molecule has 0 fully saturated rings. The minimum atomic E-state index is -1.29. The third kappa shape index (κ3) is 3.00. The summed E-state index contributed by atoms with van der Waals surface area (Å²) in [7, 11) is 0. The van der Waals surface area contributed by atoms with E-state index in [1.54, 1.807) is 0 Å².